The Morgan fingerprint density at radius 2 is 1.26 bits per heavy atom. The summed E-state index contributed by atoms with van der Waals surface area (Å²) in [4.78, 5) is 0.894. The minimum Gasteiger partial charge on any atom is -0.748 e. The Morgan fingerprint density at radius 1 is 0.755 bits per heavy atom. The average molecular weight is 904 g/mol. The van der Waals surface area contributed by atoms with E-state index in [0.29, 0.717) is 38.4 Å². The molecular weight excluding hydrogens is 869 g/mol. The molecule has 0 aliphatic carbocycles. The first-order valence-electron chi connectivity index (χ1n) is 15.0. The molecule has 2 aromatic rings. The first kappa shape index (κ1) is 51.3. The van der Waals surface area contributed by atoms with Gasteiger partial charge in [0.05, 0.1) is 35.4 Å². The first-order chi connectivity index (χ1) is 22.7. The number of benzene rings is 2. The van der Waals surface area contributed by atoms with Crippen LogP contribution in [0.4, 0.5) is 11.4 Å². The zero-order chi connectivity index (χ0) is 37.7. The van der Waals surface area contributed by atoms with Gasteiger partial charge in [-0.15, -0.1) is 0 Å². The molecule has 0 bridgehead atoms. The smallest absolute Gasteiger partial charge is 0.748 e. The van der Waals surface area contributed by atoms with E-state index in [1.54, 1.807) is 61.5 Å². The molecule has 2 aliphatic rings. The van der Waals surface area contributed by atoms with E-state index in [1.807, 2.05) is 0 Å². The summed E-state index contributed by atoms with van der Waals surface area (Å²) < 4.78 is 141. The Kier molecular flexibility index (Phi) is 18.3. The molecule has 0 N–H and O–H groups in total. The first-order valence-corrected chi connectivity index (χ1v) is 21.8. The maximum atomic E-state index is 11.8. The molecule has 0 spiro atoms. The van der Waals surface area contributed by atoms with Gasteiger partial charge in [-0.05, 0) is 74.4 Å². The Hall–Kier alpha value is 0.250. The van der Waals surface area contributed by atoms with Gasteiger partial charge in [-0.2, -0.15) is 4.58 Å². The zero-order valence-electron chi connectivity index (χ0n) is 30.3. The van der Waals surface area contributed by atoms with Gasteiger partial charge in [-0.25, -0.2) is 33.7 Å². The summed E-state index contributed by atoms with van der Waals surface area (Å²) in [5.41, 5.74) is 1.54. The third kappa shape index (κ3) is 12.6. The van der Waals surface area contributed by atoms with Crippen LogP contribution in [0.2, 0.25) is 0 Å². The number of fused-ring (bicyclic) bond motifs is 2. The van der Waals surface area contributed by atoms with Crippen molar-refractivity contribution in [3.8, 4) is 0 Å². The summed E-state index contributed by atoms with van der Waals surface area (Å²) in [6.45, 7) is 7.37. The Balaban J connectivity index is 0.00000468. The fraction of sp³-hybridized carbons (Fsp3) is 0.387. The third-order valence-corrected chi connectivity index (χ3v) is 12.4. The normalized spacial score (nSPS) is 17.6. The van der Waals surface area contributed by atoms with E-state index in [0.717, 1.165) is 12.1 Å². The zero-order valence-corrected chi connectivity index (χ0v) is 41.2. The van der Waals surface area contributed by atoms with Crippen LogP contribution in [-0.4, -0.2) is 86.8 Å². The molecule has 0 radical (unpaired) electrons. The molecule has 0 amide bonds. The van der Waals surface area contributed by atoms with Crippen molar-refractivity contribution in [2.24, 2.45) is 0 Å². The van der Waals surface area contributed by atoms with E-state index in [1.165, 1.54) is 24.3 Å². The third-order valence-electron chi connectivity index (χ3n) is 8.66. The Morgan fingerprint density at radius 3 is 1.79 bits per heavy atom. The minimum absolute atomic E-state index is 0. The largest absolute Gasteiger partial charge is 1.00 e. The van der Waals surface area contributed by atoms with Crippen molar-refractivity contribution < 1.29 is 145 Å². The fourth-order valence-electron chi connectivity index (χ4n) is 6.27. The number of hydrogen-bond acceptors (Lipinski definition) is 13. The van der Waals surface area contributed by atoms with E-state index >= 15 is 0 Å². The van der Waals surface area contributed by atoms with Gasteiger partial charge in [0.2, 0.25) is 5.69 Å². The summed E-state index contributed by atoms with van der Waals surface area (Å²) in [5, 5.41) is 0. The van der Waals surface area contributed by atoms with Crippen LogP contribution in [0.3, 0.4) is 0 Å². The van der Waals surface area contributed by atoms with Crippen LogP contribution < -0.4 is 93.6 Å². The maximum absolute atomic E-state index is 11.8. The molecule has 4 rings (SSSR count). The molecule has 0 atom stereocenters. The van der Waals surface area contributed by atoms with Crippen molar-refractivity contribution in [2.75, 3.05) is 29.5 Å². The Labute approximate surface area is 386 Å². The van der Waals surface area contributed by atoms with Gasteiger partial charge in [0.25, 0.3) is 0 Å². The summed E-state index contributed by atoms with van der Waals surface area (Å²) >= 11 is 3.51. The van der Waals surface area contributed by atoms with Crippen LogP contribution in [0.15, 0.2) is 80.7 Å². The molecule has 53 heavy (non-hydrogen) atoms. The van der Waals surface area contributed by atoms with Crippen LogP contribution in [0.1, 0.15) is 51.7 Å². The van der Waals surface area contributed by atoms with E-state index in [9.17, 15) is 51.9 Å². The van der Waals surface area contributed by atoms with E-state index in [2.05, 4.69) is 15.9 Å². The van der Waals surface area contributed by atoms with Gasteiger partial charge in [-0.3, -0.25) is 0 Å². The number of rotatable bonds is 13. The molecule has 14 nitrogen and oxygen atoms in total. The van der Waals surface area contributed by atoms with Gasteiger partial charge in [0.1, 0.15) is 26.8 Å². The van der Waals surface area contributed by atoms with E-state index in [4.69, 9.17) is 0 Å². The number of nitrogens with zero attached hydrogens (tertiary/aromatic N) is 2. The summed E-state index contributed by atoms with van der Waals surface area (Å²) in [6.07, 6.45) is 6.72. The standard InChI is InChI=1S/C31H37BrN2O12S4.3Na/c1-30(2)24-19-22(49(41,42)43)9-11-26(24)33(15-5-17-47(35,36)37)28(30)13-7-21(32)8-14-29-31(3,4)25-20-23(50(44,45)46)10-12-27(25)34(29)16-6-18-48(38,39)40;;;/h7-14,19-20H,5-6,15-18H2,1-4H3,(H3-,35,36,37,38,39,40,41,42,43,44,45,46);;;/q;3*+1/p-3. The number of halogens is 1. The van der Waals surface area contributed by atoms with Crippen LogP contribution >= 0.6 is 15.9 Å². The van der Waals surface area contributed by atoms with Gasteiger partial charge in [-0.1, -0.05) is 29.8 Å². The van der Waals surface area contributed by atoms with Crippen molar-refractivity contribution in [3.63, 3.8) is 0 Å². The molecule has 22 heteroatoms. The molecule has 0 aromatic heterocycles. The van der Waals surface area contributed by atoms with Crippen molar-refractivity contribution in [2.45, 2.75) is 61.2 Å². The molecule has 2 aromatic carbocycles. The monoisotopic (exact) mass is 902 g/mol. The second kappa shape index (κ2) is 18.9. The van der Waals surface area contributed by atoms with Gasteiger partial charge < -0.3 is 23.1 Å². The summed E-state index contributed by atoms with van der Waals surface area (Å²) in [7, 11) is -18.6. The topological polar surface area (TPSA) is 235 Å². The van der Waals surface area contributed by atoms with Crippen LogP contribution in [0.5, 0.6) is 0 Å². The van der Waals surface area contributed by atoms with Gasteiger partial charge >= 0.3 is 88.7 Å². The van der Waals surface area contributed by atoms with Crippen molar-refractivity contribution in [3.05, 3.63) is 82.0 Å². The second-order valence-corrected chi connectivity index (χ2v) is 19.6. The molecule has 2 heterocycles. The van der Waals surface area contributed by atoms with Crippen molar-refractivity contribution in [1.82, 2.24) is 0 Å². The maximum Gasteiger partial charge on any atom is 1.00 e. The number of allylic oxidation sites excluding steroid dienone is 6. The molecule has 0 fully saturated rings. The minimum atomic E-state index is -4.78. The molecule has 2 aliphatic heterocycles. The SMILES string of the molecule is CC1(C)C(/C=C/C(Br)=C/C=C2/N(CCCS(=O)(=O)[O-])c3ccc(S(=O)(=O)[O-])cc3C2(C)C)=[N+](CCCS(=O)(=O)[O-])c2ccc(S(=O)(=O)[O-])cc21.[Na+].[Na+].[Na+]. The van der Waals surface area contributed by atoms with Crippen molar-refractivity contribution >= 4 is 73.5 Å². The van der Waals surface area contributed by atoms with Gasteiger partial charge in [0.15, 0.2) is 5.71 Å². The number of hydrogen-bond donors (Lipinski definition) is 0. The predicted octanol–water partition coefficient (Wildman–Crippen LogP) is -5.73. The molecule has 0 unspecified atom stereocenters. The van der Waals surface area contributed by atoms with Crippen LogP contribution in [0.25, 0.3) is 0 Å². The molecule has 0 saturated heterocycles. The van der Waals surface area contributed by atoms with E-state index < -0.39 is 72.6 Å². The summed E-state index contributed by atoms with van der Waals surface area (Å²) in [5.74, 6) is -1.25. The second-order valence-electron chi connectivity index (χ2n) is 12.9. The molecule has 274 valence electrons. The number of anilines is 1. The van der Waals surface area contributed by atoms with Crippen LogP contribution in [0, 0.1) is 0 Å². The summed E-state index contributed by atoms with van der Waals surface area (Å²) in [6, 6.07) is 7.80. The predicted molar refractivity (Wildman–Crippen MR) is 185 cm³/mol. The van der Waals surface area contributed by atoms with Gasteiger partial charge in [0, 0.05) is 63.5 Å². The van der Waals surface area contributed by atoms with E-state index in [-0.39, 0.29) is 115 Å². The average Bonchev–Trinajstić information content (AvgIpc) is 3.30. The quantitative estimate of drug-likeness (QED) is 0.0790. The molecular formula is C31H34BrN2Na3O12S4. The fourth-order valence-corrected chi connectivity index (χ4v) is 8.50. The Bertz CT molecular complexity index is 2310. The van der Waals surface area contributed by atoms with Crippen LogP contribution in [-0.2, 0) is 51.3 Å². The van der Waals surface area contributed by atoms with Crippen molar-refractivity contribution in [1.29, 1.82) is 0 Å². The molecule has 0 saturated carbocycles.